The number of phenols is 2. The molecule has 0 fully saturated rings. The van der Waals surface area contributed by atoms with Gasteiger partial charge in [-0.15, -0.1) is 4.33 Å². The molecule has 0 bridgehead atoms. The molecule has 2 rings (SSSR count). The Bertz CT molecular complexity index is 597. The van der Waals surface area contributed by atoms with Crippen LogP contribution in [0.2, 0.25) is 0 Å². The van der Waals surface area contributed by atoms with Crippen molar-refractivity contribution in [3.63, 3.8) is 0 Å². The minimum absolute atomic E-state index is 0.0160. The Morgan fingerprint density at radius 3 is 2.50 bits per heavy atom. The van der Waals surface area contributed by atoms with E-state index < -0.39 is 0 Å². The van der Waals surface area contributed by atoms with Crippen molar-refractivity contribution in [3.8, 4) is 11.5 Å². The van der Waals surface area contributed by atoms with Crippen molar-refractivity contribution in [1.29, 1.82) is 0 Å². The molecule has 2 aromatic rings. The molecule has 6 heteroatoms. The first-order valence-electron chi connectivity index (χ1n) is 5.16. The monoisotopic (exact) mass is 268 g/mol. The maximum Gasteiger partial charge on any atom is 0.131 e. The summed E-state index contributed by atoms with van der Waals surface area (Å²) in [5.74, 6) is 0.0433. The zero-order valence-corrected chi connectivity index (χ0v) is 10.6. The number of hydrogen-bond acceptors (Lipinski definition) is 6. The summed E-state index contributed by atoms with van der Waals surface area (Å²) in [6, 6.07) is 5.27. The Kier molecular flexibility index (Phi) is 3.63. The molecule has 0 amide bonds. The Morgan fingerprint density at radius 2 is 1.83 bits per heavy atom. The normalized spacial score (nSPS) is 11.1. The molecule has 0 unspecified atom stereocenters. The maximum atomic E-state index is 10.1. The van der Waals surface area contributed by atoms with Gasteiger partial charge in [0, 0.05) is 10.5 Å². The van der Waals surface area contributed by atoms with Gasteiger partial charge in [-0.25, -0.2) is 5.26 Å². The van der Waals surface area contributed by atoms with Crippen LogP contribution < -0.4 is 0 Å². The number of rotatable bonds is 3. The van der Waals surface area contributed by atoms with E-state index in [-0.39, 0.29) is 11.5 Å². The van der Waals surface area contributed by atoms with E-state index in [0.717, 1.165) is 12.0 Å². The number of benzene rings is 2. The summed E-state index contributed by atoms with van der Waals surface area (Å²) in [6.07, 6.45) is 0. The van der Waals surface area contributed by atoms with Crippen LogP contribution in [-0.2, 0) is 9.37 Å². The van der Waals surface area contributed by atoms with E-state index in [1.165, 1.54) is 0 Å². The average Bonchev–Trinajstić information content (AvgIpc) is 2.36. The summed E-state index contributed by atoms with van der Waals surface area (Å²) in [7, 11) is 0. The molecule has 2 aromatic carbocycles. The fourth-order valence-corrected chi connectivity index (χ4v) is 2.27. The van der Waals surface area contributed by atoms with Gasteiger partial charge in [-0.1, -0.05) is 17.2 Å². The van der Waals surface area contributed by atoms with Gasteiger partial charge in [0.25, 0.3) is 0 Å². The fourth-order valence-electron chi connectivity index (χ4n) is 1.77. The molecule has 0 atom stereocenters. The van der Waals surface area contributed by atoms with Gasteiger partial charge in [0.1, 0.15) is 11.5 Å². The van der Waals surface area contributed by atoms with Crippen molar-refractivity contribution in [2.45, 2.75) is 18.7 Å². The minimum Gasteiger partial charge on any atom is -0.507 e. The molecule has 0 saturated carbocycles. The molecule has 0 aromatic heterocycles. The third kappa shape index (κ3) is 2.11. The number of aryl methyl sites for hydroxylation is 1. The minimum atomic E-state index is -0.0160. The van der Waals surface area contributed by atoms with Crippen LogP contribution in [-0.4, -0.2) is 15.5 Å². The quantitative estimate of drug-likeness (QED) is 0.450. The summed E-state index contributed by atoms with van der Waals surface area (Å²) < 4.78 is 4.36. The lowest BCUT2D eigenvalue weighted by Crippen LogP contribution is -1.88. The first-order valence-corrected chi connectivity index (χ1v) is 5.90. The van der Waals surface area contributed by atoms with Crippen LogP contribution in [0.3, 0.4) is 0 Å². The van der Waals surface area contributed by atoms with E-state index in [1.807, 2.05) is 0 Å². The van der Waals surface area contributed by atoms with Crippen molar-refractivity contribution >= 4 is 22.8 Å². The number of aromatic hydroxyl groups is 2. The second kappa shape index (κ2) is 5.03. The predicted octanol–water partition coefficient (Wildman–Crippen LogP) is 3.30. The highest BCUT2D eigenvalue weighted by molar-refractivity contribution is 7.94. The Labute approximate surface area is 108 Å². The van der Waals surface area contributed by atoms with Crippen molar-refractivity contribution < 1.29 is 24.8 Å². The lowest BCUT2D eigenvalue weighted by atomic mass is 10.0. The van der Waals surface area contributed by atoms with Gasteiger partial charge in [-0.3, -0.25) is 0 Å². The molecule has 18 heavy (non-hydrogen) atoms. The average molecular weight is 268 g/mol. The molecule has 0 saturated heterocycles. The lowest BCUT2D eigenvalue weighted by molar-refractivity contribution is -0.432. The van der Waals surface area contributed by atoms with E-state index in [0.29, 0.717) is 26.8 Å². The molecule has 96 valence electrons. The molecule has 3 N–H and O–H groups in total. The Balaban J connectivity index is 2.67. The molecular weight excluding hydrogens is 256 g/mol. The van der Waals surface area contributed by atoms with Crippen LogP contribution in [0.25, 0.3) is 10.8 Å². The largest absolute Gasteiger partial charge is 0.507 e. The van der Waals surface area contributed by atoms with Crippen LogP contribution in [0.15, 0.2) is 23.1 Å². The summed E-state index contributed by atoms with van der Waals surface area (Å²) in [5, 5.41) is 32.8. The van der Waals surface area contributed by atoms with Crippen LogP contribution in [0, 0.1) is 13.8 Å². The van der Waals surface area contributed by atoms with Gasteiger partial charge in [0.2, 0.25) is 0 Å². The molecule has 0 aliphatic rings. The zero-order valence-electron chi connectivity index (χ0n) is 9.80. The molecule has 0 radical (unpaired) electrons. The zero-order chi connectivity index (χ0) is 13.3. The van der Waals surface area contributed by atoms with E-state index in [9.17, 15) is 10.2 Å². The summed E-state index contributed by atoms with van der Waals surface area (Å²) >= 11 is 0.772. The highest BCUT2D eigenvalue weighted by Crippen LogP contribution is 2.41. The first-order chi connectivity index (χ1) is 8.56. The summed E-state index contributed by atoms with van der Waals surface area (Å²) in [5.41, 5.74) is 1.22. The Morgan fingerprint density at radius 1 is 1.11 bits per heavy atom. The van der Waals surface area contributed by atoms with Crippen molar-refractivity contribution in [3.05, 3.63) is 29.3 Å². The van der Waals surface area contributed by atoms with Crippen molar-refractivity contribution in [2.24, 2.45) is 0 Å². The number of hydrogen-bond donors (Lipinski definition) is 3. The van der Waals surface area contributed by atoms with E-state index in [2.05, 4.69) is 9.37 Å². The second-order valence-corrected chi connectivity index (χ2v) is 4.65. The molecular formula is C12H12O5S. The molecule has 0 aliphatic heterocycles. The lowest BCUT2D eigenvalue weighted by Gasteiger charge is -2.11. The van der Waals surface area contributed by atoms with Gasteiger partial charge in [-0.05, 0) is 30.9 Å². The van der Waals surface area contributed by atoms with Gasteiger partial charge in [0.05, 0.1) is 17.4 Å². The molecule has 0 heterocycles. The van der Waals surface area contributed by atoms with Crippen LogP contribution in [0.4, 0.5) is 0 Å². The van der Waals surface area contributed by atoms with Crippen LogP contribution in [0.5, 0.6) is 11.5 Å². The van der Waals surface area contributed by atoms with E-state index >= 15 is 0 Å². The van der Waals surface area contributed by atoms with Crippen LogP contribution in [0.1, 0.15) is 11.1 Å². The molecule has 0 spiro atoms. The SMILES string of the molecule is Cc1ccc2cc(SOOO)c(C)c(O)c2c1O. The van der Waals surface area contributed by atoms with Crippen LogP contribution >= 0.6 is 12.0 Å². The topological polar surface area (TPSA) is 79.2 Å². The van der Waals surface area contributed by atoms with Gasteiger partial charge in [0.15, 0.2) is 0 Å². The van der Waals surface area contributed by atoms with E-state index in [4.69, 9.17) is 5.26 Å². The van der Waals surface area contributed by atoms with Crippen molar-refractivity contribution in [1.82, 2.24) is 0 Å². The number of fused-ring (bicyclic) bond motifs is 1. The van der Waals surface area contributed by atoms with Gasteiger partial charge >= 0.3 is 0 Å². The first kappa shape index (κ1) is 13.0. The molecule has 0 aliphatic carbocycles. The second-order valence-electron chi connectivity index (χ2n) is 3.90. The fraction of sp³-hybridized carbons (Fsp3) is 0.167. The highest BCUT2D eigenvalue weighted by Gasteiger charge is 2.14. The molecule has 5 nitrogen and oxygen atoms in total. The van der Waals surface area contributed by atoms with E-state index in [1.54, 1.807) is 32.0 Å². The smallest absolute Gasteiger partial charge is 0.131 e. The van der Waals surface area contributed by atoms with Gasteiger partial charge < -0.3 is 10.2 Å². The number of phenolic OH excluding ortho intramolecular Hbond substituents is 2. The highest BCUT2D eigenvalue weighted by atomic mass is 32.2. The third-order valence-electron chi connectivity index (χ3n) is 2.81. The van der Waals surface area contributed by atoms with Gasteiger partial charge in [-0.2, -0.15) is 0 Å². The van der Waals surface area contributed by atoms with Crippen molar-refractivity contribution in [2.75, 3.05) is 0 Å². The Hall–Kier alpha value is -1.47. The summed E-state index contributed by atoms with van der Waals surface area (Å²) in [6.45, 7) is 3.44. The third-order valence-corrected chi connectivity index (χ3v) is 3.55. The maximum absolute atomic E-state index is 10.1. The summed E-state index contributed by atoms with van der Waals surface area (Å²) in [4.78, 5) is 0.581. The predicted molar refractivity (Wildman–Crippen MR) is 67.4 cm³/mol. The standard InChI is InChI=1S/C12H12O5S/c1-6-3-4-8-5-9(18-17-16-15)7(2)12(14)10(8)11(6)13/h3-5,13-15H,1-2H3.